The number of thiophene rings is 1. The molecular weight excluding hydrogens is 361 g/mol. The number of halogens is 3. The Kier molecular flexibility index (Phi) is 4.41. The molecule has 24 heavy (non-hydrogen) atoms. The third-order valence-corrected chi connectivity index (χ3v) is 4.71. The molecule has 0 aliphatic carbocycles. The summed E-state index contributed by atoms with van der Waals surface area (Å²) < 4.78 is 39.0. The second-order valence-corrected chi connectivity index (χ2v) is 6.48. The van der Waals surface area contributed by atoms with Crippen LogP contribution in [0.3, 0.4) is 0 Å². The molecule has 0 aromatic carbocycles. The molecule has 0 amide bonds. The van der Waals surface area contributed by atoms with Gasteiger partial charge in [-0.15, -0.1) is 28.1 Å². The molecule has 3 rings (SSSR count). The molecular formula is C14H9F3N4OS2. The Labute approximate surface area is 141 Å². The zero-order valence-electron chi connectivity index (χ0n) is 11.9. The predicted octanol–water partition coefficient (Wildman–Crippen LogP) is 3.60. The molecule has 10 heteroatoms. The highest BCUT2D eigenvalue weighted by molar-refractivity contribution is 7.99. The van der Waals surface area contributed by atoms with Gasteiger partial charge in [-0.05, 0) is 35.3 Å². The minimum absolute atomic E-state index is 0.212. The highest BCUT2D eigenvalue weighted by atomic mass is 32.2. The van der Waals surface area contributed by atoms with Gasteiger partial charge < -0.3 is 0 Å². The van der Waals surface area contributed by atoms with Gasteiger partial charge in [0.05, 0.1) is 5.39 Å². The van der Waals surface area contributed by atoms with Gasteiger partial charge in [-0.1, -0.05) is 6.08 Å². The first-order chi connectivity index (χ1) is 11.4. The standard InChI is InChI=1S/C14H9F3N4OS2/c1-2-6-21-12(22)8-5-7-23-11(8)18-13(21)24-10-4-3-9(19-20-10)14(15,16)17/h2-5,7H,1,6H2. The van der Waals surface area contributed by atoms with Crippen LogP contribution in [0.5, 0.6) is 0 Å². The number of fused-ring (bicyclic) bond motifs is 1. The molecule has 0 aliphatic rings. The third-order valence-electron chi connectivity index (χ3n) is 2.99. The molecule has 5 nitrogen and oxygen atoms in total. The summed E-state index contributed by atoms with van der Waals surface area (Å²) in [6, 6.07) is 3.72. The highest BCUT2D eigenvalue weighted by Crippen LogP contribution is 2.30. The zero-order chi connectivity index (χ0) is 17.3. The van der Waals surface area contributed by atoms with Crippen molar-refractivity contribution < 1.29 is 13.2 Å². The Bertz CT molecular complexity index is 947. The lowest BCUT2D eigenvalue weighted by atomic mass is 10.4. The van der Waals surface area contributed by atoms with Crippen LogP contribution in [-0.2, 0) is 12.7 Å². The average Bonchev–Trinajstić information content (AvgIpc) is 2.99. The normalized spacial score (nSPS) is 11.8. The van der Waals surface area contributed by atoms with E-state index in [1.54, 1.807) is 17.5 Å². The fraction of sp³-hybridized carbons (Fsp3) is 0.143. The minimum atomic E-state index is -4.55. The number of rotatable bonds is 4. The van der Waals surface area contributed by atoms with Gasteiger partial charge in [0.25, 0.3) is 5.56 Å². The SMILES string of the molecule is C=CCn1c(Sc2ccc(C(F)(F)F)nn2)nc2sccc2c1=O. The second kappa shape index (κ2) is 6.36. The molecule has 0 spiro atoms. The van der Waals surface area contributed by atoms with E-state index < -0.39 is 11.9 Å². The molecule has 0 fully saturated rings. The van der Waals surface area contributed by atoms with Gasteiger partial charge in [0.15, 0.2) is 10.9 Å². The van der Waals surface area contributed by atoms with Crippen molar-refractivity contribution in [2.24, 2.45) is 0 Å². The van der Waals surface area contributed by atoms with Gasteiger partial charge in [0, 0.05) is 6.54 Å². The van der Waals surface area contributed by atoms with Crippen molar-refractivity contribution in [2.45, 2.75) is 22.9 Å². The molecule has 3 aromatic heterocycles. The molecule has 0 bridgehead atoms. The molecule has 0 radical (unpaired) electrons. The van der Waals surface area contributed by atoms with E-state index in [0.29, 0.717) is 15.4 Å². The molecule has 3 heterocycles. The molecule has 0 saturated carbocycles. The first kappa shape index (κ1) is 16.7. The fourth-order valence-electron chi connectivity index (χ4n) is 1.92. The largest absolute Gasteiger partial charge is 0.435 e. The van der Waals surface area contributed by atoms with E-state index in [4.69, 9.17) is 0 Å². The summed E-state index contributed by atoms with van der Waals surface area (Å²) in [4.78, 5) is 17.4. The zero-order valence-corrected chi connectivity index (χ0v) is 13.6. The van der Waals surface area contributed by atoms with Crippen molar-refractivity contribution in [3.63, 3.8) is 0 Å². The number of nitrogens with zero attached hydrogens (tertiary/aromatic N) is 4. The van der Waals surface area contributed by atoms with Gasteiger partial charge in [-0.3, -0.25) is 9.36 Å². The van der Waals surface area contributed by atoms with E-state index in [0.717, 1.165) is 17.8 Å². The summed E-state index contributed by atoms with van der Waals surface area (Å²) in [5.41, 5.74) is -1.31. The summed E-state index contributed by atoms with van der Waals surface area (Å²) in [6.45, 7) is 3.83. The summed E-state index contributed by atoms with van der Waals surface area (Å²) in [5.74, 6) is 0. The molecule has 3 aromatic rings. The van der Waals surface area contributed by atoms with Crippen molar-refractivity contribution in [3.8, 4) is 0 Å². The predicted molar refractivity (Wildman–Crippen MR) is 85.2 cm³/mol. The summed E-state index contributed by atoms with van der Waals surface area (Å²) in [5, 5.41) is 9.50. The maximum absolute atomic E-state index is 12.5. The summed E-state index contributed by atoms with van der Waals surface area (Å²) in [6.07, 6.45) is -3.00. The molecule has 0 saturated heterocycles. The van der Waals surface area contributed by atoms with E-state index >= 15 is 0 Å². The van der Waals surface area contributed by atoms with Crippen LogP contribution < -0.4 is 5.56 Å². The van der Waals surface area contributed by atoms with E-state index in [9.17, 15) is 18.0 Å². The first-order valence-electron chi connectivity index (χ1n) is 6.58. The Morgan fingerprint density at radius 2 is 2.08 bits per heavy atom. The lowest BCUT2D eigenvalue weighted by Gasteiger charge is -2.09. The van der Waals surface area contributed by atoms with Crippen LogP contribution in [0.2, 0.25) is 0 Å². The number of hydrogen-bond donors (Lipinski definition) is 0. The Morgan fingerprint density at radius 1 is 1.29 bits per heavy atom. The Hall–Kier alpha value is -2.20. The first-order valence-corrected chi connectivity index (χ1v) is 8.27. The van der Waals surface area contributed by atoms with Crippen LogP contribution in [0.1, 0.15) is 5.69 Å². The van der Waals surface area contributed by atoms with Crippen LogP contribution in [0, 0.1) is 0 Å². The summed E-state index contributed by atoms with van der Waals surface area (Å²) >= 11 is 2.29. The van der Waals surface area contributed by atoms with E-state index in [1.165, 1.54) is 22.0 Å². The molecule has 124 valence electrons. The van der Waals surface area contributed by atoms with Gasteiger partial charge in [-0.25, -0.2) is 4.98 Å². The van der Waals surface area contributed by atoms with Crippen molar-refractivity contribution in [1.29, 1.82) is 0 Å². The molecule has 0 atom stereocenters. The average molecular weight is 370 g/mol. The highest BCUT2D eigenvalue weighted by Gasteiger charge is 2.33. The van der Waals surface area contributed by atoms with E-state index in [1.807, 2.05) is 0 Å². The van der Waals surface area contributed by atoms with Crippen molar-refractivity contribution in [1.82, 2.24) is 19.7 Å². The Balaban J connectivity index is 2.01. The van der Waals surface area contributed by atoms with E-state index in [2.05, 4.69) is 21.8 Å². The monoisotopic (exact) mass is 370 g/mol. The third kappa shape index (κ3) is 3.20. The lowest BCUT2D eigenvalue weighted by molar-refractivity contribution is -0.141. The van der Waals surface area contributed by atoms with Gasteiger partial charge in [0.1, 0.15) is 9.86 Å². The van der Waals surface area contributed by atoms with Crippen LogP contribution in [-0.4, -0.2) is 19.7 Å². The molecule has 0 unspecified atom stereocenters. The van der Waals surface area contributed by atoms with Crippen LogP contribution in [0.4, 0.5) is 13.2 Å². The number of aromatic nitrogens is 4. The number of hydrogen-bond acceptors (Lipinski definition) is 6. The summed E-state index contributed by atoms with van der Waals surface area (Å²) in [7, 11) is 0. The molecule has 0 N–H and O–H groups in total. The maximum atomic E-state index is 12.5. The van der Waals surface area contributed by atoms with Crippen LogP contribution >= 0.6 is 23.1 Å². The van der Waals surface area contributed by atoms with Gasteiger partial charge >= 0.3 is 6.18 Å². The van der Waals surface area contributed by atoms with Crippen molar-refractivity contribution >= 4 is 33.3 Å². The smallest absolute Gasteiger partial charge is 0.283 e. The molecule has 0 aliphatic heterocycles. The maximum Gasteiger partial charge on any atom is 0.435 e. The number of allylic oxidation sites excluding steroid dienone is 1. The van der Waals surface area contributed by atoms with Crippen molar-refractivity contribution in [2.75, 3.05) is 0 Å². The Morgan fingerprint density at radius 3 is 2.71 bits per heavy atom. The number of alkyl halides is 3. The fourth-order valence-corrected chi connectivity index (χ4v) is 3.54. The lowest BCUT2D eigenvalue weighted by Crippen LogP contribution is -2.22. The van der Waals surface area contributed by atoms with Crippen LogP contribution in [0.15, 0.2) is 51.2 Å². The van der Waals surface area contributed by atoms with E-state index in [-0.39, 0.29) is 17.1 Å². The topological polar surface area (TPSA) is 60.7 Å². The second-order valence-electron chi connectivity index (χ2n) is 4.59. The quantitative estimate of drug-likeness (QED) is 0.519. The van der Waals surface area contributed by atoms with Gasteiger partial charge in [-0.2, -0.15) is 13.2 Å². The van der Waals surface area contributed by atoms with Crippen LogP contribution in [0.25, 0.3) is 10.2 Å². The van der Waals surface area contributed by atoms with Crippen molar-refractivity contribution in [3.05, 3.63) is 52.3 Å². The van der Waals surface area contributed by atoms with Gasteiger partial charge in [0.2, 0.25) is 0 Å². The minimum Gasteiger partial charge on any atom is -0.283 e.